The standard InChI is InChI=1S/C21H26N2O4S/c1-5-25-18-12-16(13-19(26-6-2)20(18)27-7-3)21(24)23-22-14-15-8-10-17(28-4)11-9-15/h8-14H,5-7H2,1-4H3,(H,23,24)/b22-14+. The number of benzene rings is 2. The van der Waals surface area contributed by atoms with Crippen LogP contribution in [-0.2, 0) is 0 Å². The number of amides is 1. The van der Waals surface area contributed by atoms with Crippen LogP contribution >= 0.6 is 11.8 Å². The van der Waals surface area contributed by atoms with Gasteiger partial charge in [0, 0.05) is 10.5 Å². The molecule has 2 aromatic rings. The fourth-order valence-corrected chi connectivity index (χ4v) is 2.85. The molecule has 0 aliphatic rings. The van der Waals surface area contributed by atoms with Gasteiger partial charge >= 0.3 is 0 Å². The van der Waals surface area contributed by atoms with Gasteiger partial charge in [-0.15, -0.1) is 11.8 Å². The maximum absolute atomic E-state index is 12.5. The summed E-state index contributed by atoms with van der Waals surface area (Å²) in [7, 11) is 0. The second kappa shape index (κ2) is 11.2. The Bertz CT molecular complexity index is 780. The predicted octanol–water partition coefficient (Wildman–Crippen LogP) is 4.37. The van der Waals surface area contributed by atoms with Gasteiger partial charge in [0.05, 0.1) is 26.0 Å². The van der Waals surface area contributed by atoms with Gasteiger partial charge in [0.2, 0.25) is 5.75 Å². The van der Waals surface area contributed by atoms with E-state index in [9.17, 15) is 4.79 Å². The summed E-state index contributed by atoms with van der Waals surface area (Å²) in [4.78, 5) is 13.7. The molecule has 0 heterocycles. The summed E-state index contributed by atoms with van der Waals surface area (Å²) in [6.07, 6.45) is 3.62. The number of hydrogen-bond donors (Lipinski definition) is 1. The third kappa shape index (κ3) is 5.92. The third-order valence-electron chi connectivity index (χ3n) is 3.67. The van der Waals surface area contributed by atoms with E-state index >= 15 is 0 Å². The molecular formula is C21H26N2O4S. The number of nitrogens with one attached hydrogen (secondary N) is 1. The lowest BCUT2D eigenvalue weighted by molar-refractivity contribution is 0.0954. The predicted molar refractivity (Wildman–Crippen MR) is 113 cm³/mol. The normalized spacial score (nSPS) is 10.7. The summed E-state index contributed by atoms with van der Waals surface area (Å²) >= 11 is 1.67. The Morgan fingerprint density at radius 3 is 2.07 bits per heavy atom. The van der Waals surface area contributed by atoms with Gasteiger partial charge in [0.1, 0.15) is 0 Å². The van der Waals surface area contributed by atoms with E-state index in [0.29, 0.717) is 42.6 Å². The topological polar surface area (TPSA) is 69.2 Å². The maximum Gasteiger partial charge on any atom is 0.271 e. The monoisotopic (exact) mass is 402 g/mol. The summed E-state index contributed by atoms with van der Waals surface area (Å²) in [5, 5.41) is 4.04. The smallest absolute Gasteiger partial charge is 0.271 e. The number of hydrogen-bond acceptors (Lipinski definition) is 6. The zero-order valence-electron chi connectivity index (χ0n) is 16.7. The molecular weight excluding hydrogens is 376 g/mol. The Kier molecular flexibility index (Phi) is 8.68. The van der Waals surface area contributed by atoms with E-state index in [-0.39, 0.29) is 5.91 Å². The number of rotatable bonds is 10. The molecule has 1 amide bonds. The second-order valence-electron chi connectivity index (χ2n) is 5.57. The first-order valence-corrected chi connectivity index (χ1v) is 10.4. The van der Waals surface area contributed by atoms with Gasteiger partial charge in [-0.1, -0.05) is 12.1 Å². The molecule has 28 heavy (non-hydrogen) atoms. The first-order chi connectivity index (χ1) is 13.6. The number of hydrazone groups is 1. The van der Waals surface area contributed by atoms with Gasteiger partial charge < -0.3 is 14.2 Å². The molecule has 0 bridgehead atoms. The molecule has 0 aliphatic carbocycles. The van der Waals surface area contributed by atoms with Crippen molar-refractivity contribution in [3.05, 3.63) is 47.5 Å². The number of carbonyl (C=O) groups is 1. The molecule has 0 unspecified atom stereocenters. The molecule has 0 aromatic heterocycles. The van der Waals surface area contributed by atoms with E-state index in [1.165, 1.54) is 4.90 Å². The van der Waals surface area contributed by atoms with Crippen LogP contribution in [0.4, 0.5) is 0 Å². The van der Waals surface area contributed by atoms with Gasteiger partial charge in [0.25, 0.3) is 5.91 Å². The minimum absolute atomic E-state index is 0.359. The molecule has 0 saturated heterocycles. The quantitative estimate of drug-likeness (QED) is 0.363. The zero-order chi connectivity index (χ0) is 20.4. The van der Waals surface area contributed by atoms with Crippen LogP contribution in [0.5, 0.6) is 17.2 Å². The summed E-state index contributed by atoms with van der Waals surface area (Å²) in [6, 6.07) is 11.2. The minimum atomic E-state index is -0.359. The lowest BCUT2D eigenvalue weighted by atomic mass is 10.1. The molecule has 7 heteroatoms. The van der Waals surface area contributed by atoms with E-state index in [0.717, 1.165) is 5.56 Å². The van der Waals surface area contributed by atoms with Crippen molar-refractivity contribution in [3.63, 3.8) is 0 Å². The van der Waals surface area contributed by atoms with E-state index < -0.39 is 0 Å². The largest absolute Gasteiger partial charge is 0.490 e. The fourth-order valence-electron chi connectivity index (χ4n) is 2.44. The highest BCUT2D eigenvalue weighted by molar-refractivity contribution is 7.98. The van der Waals surface area contributed by atoms with Crippen LogP contribution in [0, 0.1) is 0 Å². The molecule has 6 nitrogen and oxygen atoms in total. The van der Waals surface area contributed by atoms with Crippen LogP contribution in [0.1, 0.15) is 36.7 Å². The molecule has 2 rings (SSSR count). The maximum atomic E-state index is 12.5. The Morgan fingerprint density at radius 1 is 1.00 bits per heavy atom. The Labute approximate surface area is 170 Å². The van der Waals surface area contributed by atoms with Crippen molar-refractivity contribution >= 4 is 23.9 Å². The molecule has 0 fully saturated rings. The lowest BCUT2D eigenvalue weighted by Gasteiger charge is -2.16. The molecule has 0 radical (unpaired) electrons. The SMILES string of the molecule is CCOc1cc(C(=O)N/N=C/c2ccc(SC)cc2)cc(OCC)c1OCC. The average molecular weight is 403 g/mol. The van der Waals surface area contributed by atoms with Crippen molar-refractivity contribution in [1.29, 1.82) is 0 Å². The van der Waals surface area contributed by atoms with Crippen LogP contribution in [0.25, 0.3) is 0 Å². The molecule has 2 aromatic carbocycles. The number of nitrogens with zero attached hydrogens (tertiary/aromatic N) is 1. The molecule has 0 saturated carbocycles. The Hall–Kier alpha value is -2.67. The number of thioether (sulfide) groups is 1. The summed E-state index contributed by atoms with van der Waals surface area (Å²) < 4.78 is 16.9. The van der Waals surface area contributed by atoms with Crippen molar-refractivity contribution in [2.75, 3.05) is 26.1 Å². The van der Waals surface area contributed by atoms with E-state index in [2.05, 4.69) is 10.5 Å². The van der Waals surface area contributed by atoms with Crippen molar-refractivity contribution < 1.29 is 19.0 Å². The Balaban J connectivity index is 2.19. The van der Waals surface area contributed by atoms with E-state index in [1.54, 1.807) is 30.1 Å². The molecule has 150 valence electrons. The summed E-state index contributed by atoms with van der Waals surface area (Å²) in [6.45, 7) is 6.98. The second-order valence-corrected chi connectivity index (χ2v) is 6.45. The highest BCUT2D eigenvalue weighted by Crippen LogP contribution is 2.39. The molecule has 0 spiro atoms. The van der Waals surface area contributed by atoms with Gasteiger partial charge in [-0.2, -0.15) is 5.10 Å². The fraction of sp³-hybridized carbons (Fsp3) is 0.333. The van der Waals surface area contributed by atoms with Crippen molar-refractivity contribution in [3.8, 4) is 17.2 Å². The van der Waals surface area contributed by atoms with Crippen molar-refractivity contribution in [2.24, 2.45) is 5.10 Å². The highest BCUT2D eigenvalue weighted by atomic mass is 32.2. The van der Waals surface area contributed by atoms with Crippen molar-refractivity contribution in [1.82, 2.24) is 5.43 Å². The third-order valence-corrected chi connectivity index (χ3v) is 4.41. The van der Waals surface area contributed by atoms with Gasteiger partial charge in [-0.25, -0.2) is 5.43 Å². The highest BCUT2D eigenvalue weighted by Gasteiger charge is 2.18. The van der Waals surface area contributed by atoms with Gasteiger partial charge in [-0.3, -0.25) is 4.79 Å². The minimum Gasteiger partial charge on any atom is -0.490 e. The summed E-state index contributed by atoms with van der Waals surface area (Å²) in [5.41, 5.74) is 3.82. The lowest BCUT2D eigenvalue weighted by Crippen LogP contribution is -2.18. The number of ether oxygens (including phenoxy) is 3. The van der Waals surface area contributed by atoms with Crippen molar-refractivity contribution in [2.45, 2.75) is 25.7 Å². The van der Waals surface area contributed by atoms with E-state index in [4.69, 9.17) is 14.2 Å². The molecule has 0 aliphatic heterocycles. The first kappa shape index (κ1) is 21.6. The zero-order valence-corrected chi connectivity index (χ0v) is 17.5. The average Bonchev–Trinajstić information content (AvgIpc) is 2.71. The van der Waals surface area contributed by atoms with Crippen LogP contribution in [0.3, 0.4) is 0 Å². The van der Waals surface area contributed by atoms with Crippen LogP contribution < -0.4 is 19.6 Å². The van der Waals surface area contributed by atoms with Crippen LogP contribution in [-0.4, -0.2) is 38.2 Å². The van der Waals surface area contributed by atoms with Crippen LogP contribution in [0.15, 0.2) is 46.4 Å². The Morgan fingerprint density at radius 2 is 1.57 bits per heavy atom. The summed E-state index contributed by atoms with van der Waals surface area (Å²) in [5.74, 6) is 1.08. The van der Waals surface area contributed by atoms with Gasteiger partial charge in [-0.05, 0) is 56.9 Å². The first-order valence-electron chi connectivity index (χ1n) is 9.16. The van der Waals surface area contributed by atoms with Crippen LogP contribution in [0.2, 0.25) is 0 Å². The number of carbonyl (C=O) groups excluding carboxylic acids is 1. The molecule has 1 N–H and O–H groups in total. The van der Waals surface area contributed by atoms with E-state index in [1.807, 2.05) is 51.3 Å². The molecule has 0 atom stereocenters. The van der Waals surface area contributed by atoms with Gasteiger partial charge in [0.15, 0.2) is 11.5 Å².